The van der Waals surface area contributed by atoms with E-state index in [2.05, 4.69) is 14.9 Å². The fourth-order valence-electron chi connectivity index (χ4n) is 3.84. The number of carbonyl (C=O) groups excluding carboxylic acids is 2. The molecule has 1 aromatic rings. The van der Waals surface area contributed by atoms with Crippen LogP contribution in [0.4, 0.5) is 0 Å². The van der Waals surface area contributed by atoms with Gasteiger partial charge in [0.05, 0.1) is 18.2 Å². The van der Waals surface area contributed by atoms with Gasteiger partial charge in [0.2, 0.25) is 11.8 Å². The number of nitrogens with zero attached hydrogens (tertiary/aromatic N) is 3. The van der Waals surface area contributed by atoms with Gasteiger partial charge in [-0.25, -0.2) is 4.98 Å². The van der Waals surface area contributed by atoms with Gasteiger partial charge < -0.3 is 14.8 Å². The molecule has 6 nitrogen and oxygen atoms in total. The molecule has 0 radical (unpaired) electrons. The number of amides is 2. The molecule has 2 amide bonds. The number of fused-ring (bicyclic) bond motifs is 1. The van der Waals surface area contributed by atoms with E-state index in [4.69, 9.17) is 0 Å². The van der Waals surface area contributed by atoms with Crippen LogP contribution in [0.5, 0.6) is 0 Å². The van der Waals surface area contributed by atoms with Crippen LogP contribution in [-0.4, -0.2) is 38.9 Å². The molecule has 0 saturated heterocycles. The van der Waals surface area contributed by atoms with Crippen LogP contribution in [-0.2, 0) is 22.6 Å². The average Bonchev–Trinajstić information content (AvgIpc) is 3.17. The third-order valence-electron chi connectivity index (χ3n) is 5.13. The van der Waals surface area contributed by atoms with E-state index >= 15 is 0 Å². The first-order valence-corrected chi connectivity index (χ1v) is 9.23. The normalized spacial score (nSPS) is 20.9. The molecule has 2 heterocycles. The van der Waals surface area contributed by atoms with Gasteiger partial charge in [0.25, 0.3) is 0 Å². The summed E-state index contributed by atoms with van der Waals surface area (Å²) in [4.78, 5) is 31.0. The summed E-state index contributed by atoms with van der Waals surface area (Å²) < 4.78 is 2.10. The van der Waals surface area contributed by atoms with Gasteiger partial charge in [0.15, 0.2) is 0 Å². The molecule has 2 aliphatic rings. The maximum absolute atomic E-state index is 12.2. The molecular formula is C18H28N4O2. The van der Waals surface area contributed by atoms with Crippen molar-refractivity contribution in [1.82, 2.24) is 19.8 Å². The Morgan fingerprint density at radius 1 is 1.29 bits per heavy atom. The first-order valence-electron chi connectivity index (χ1n) is 9.23. The Bertz CT molecular complexity index is 604. The van der Waals surface area contributed by atoms with Gasteiger partial charge in [0.1, 0.15) is 5.82 Å². The lowest BCUT2D eigenvalue weighted by molar-refractivity contribution is -0.134. The minimum absolute atomic E-state index is 0.0237. The molecular weight excluding hydrogens is 304 g/mol. The number of aromatic nitrogens is 2. The molecule has 0 unspecified atom stereocenters. The Hall–Kier alpha value is -1.85. The van der Waals surface area contributed by atoms with Gasteiger partial charge >= 0.3 is 0 Å². The Morgan fingerprint density at radius 2 is 2.04 bits per heavy atom. The zero-order chi connectivity index (χ0) is 17.1. The summed E-state index contributed by atoms with van der Waals surface area (Å²) in [5.41, 5.74) is 0.803. The van der Waals surface area contributed by atoms with E-state index in [1.54, 1.807) is 0 Å². The first kappa shape index (κ1) is 17.0. The second-order valence-electron chi connectivity index (χ2n) is 7.02. The van der Waals surface area contributed by atoms with E-state index in [1.165, 1.54) is 12.8 Å². The molecule has 132 valence electrons. The summed E-state index contributed by atoms with van der Waals surface area (Å²) in [6.07, 6.45) is 8.36. The number of hydrogen-bond acceptors (Lipinski definition) is 3. The lowest BCUT2D eigenvalue weighted by Gasteiger charge is -2.33. The van der Waals surface area contributed by atoms with E-state index < -0.39 is 0 Å². The second-order valence-corrected chi connectivity index (χ2v) is 7.02. The number of nitrogens with one attached hydrogen (secondary N) is 1. The Kier molecular flexibility index (Phi) is 5.21. The first-order chi connectivity index (χ1) is 11.6. The predicted molar refractivity (Wildman–Crippen MR) is 91.4 cm³/mol. The van der Waals surface area contributed by atoms with Crippen LogP contribution in [0.25, 0.3) is 0 Å². The van der Waals surface area contributed by atoms with Gasteiger partial charge in [-0.15, -0.1) is 0 Å². The van der Waals surface area contributed by atoms with Crippen molar-refractivity contribution in [2.75, 3.05) is 6.54 Å². The quantitative estimate of drug-likeness (QED) is 0.899. The summed E-state index contributed by atoms with van der Waals surface area (Å²) >= 11 is 0. The molecule has 0 spiro atoms. The highest BCUT2D eigenvalue weighted by molar-refractivity contribution is 5.78. The molecule has 1 saturated carbocycles. The summed E-state index contributed by atoms with van der Waals surface area (Å²) in [5, 5.41) is 3.11. The molecule has 6 heteroatoms. The minimum Gasteiger partial charge on any atom is -0.353 e. The van der Waals surface area contributed by atoms with Gasteiger partial charge in [0, 0.05) is 31.7 Å². The van der Waals surface area contributed by atoms with Crippen LogP contribution < -0.4 is 5.32 Å². The maximum Gasteiger partial charge on any atom is 0.226 e. The van der Waals surface area contributed by atoms with Crippen LogP contribution in [0.3, 0.4) is 0 Å². The smallest absolute Gasteiger partial charge is 0.226 e. The van der Waals surface area contributed by atoms with Crippen molar-refractivity contribution >= 4 is 11.8 Å². The van der Waals surface area contributed by atoms with Crippen molar-refractivity contribution in [1.29, 1.82) is 0 Å². The summed E-state index contributed by atoms with van der Waals surface area (Å²) in [7, 11) is 0. The Morgan fingerprint density at radius 3 is 2.75 bits per heavy atom. The van der Waals surface area contributed by atoms with Crippen molar-refractivity contribution in [2.24, 2.45) is 0 Å². The highest BCUT2D eigenvalue weighted by atomic mass is 16.2. The second kappa shape index (κ2) is 7.36. The molecule has 3 rings (SSSR count). The lowest BCUT2D eigenvalue weighted by atomic mass is 10.2. The van der Waals surface area contributed by atoms with E-state index in [1.807, 2.05) is 24.9 Å². The number of rotatable bonds is 5. The zero-order valence-electron chi connectivity index (χ0n) is 14.8. The molecule has 1 aliphatic carbocycles. The molecule has 0 aromatic carbocycles. The fraction of sp³-hybridized carbons (Fsp3) is 0.722. The van der Waals surface area contributed by atoms with E-state index in [0.29, 0.717) is 18.9 Å². The van der Waals surface area contributed by atoms with Gasteiger partial charge in [-0.2, -0.15) is 0 Å². The van der Waals surface area contributed by atoms with Crippen LogP contribution >= 0.6 is 0 Å². The minimum atomic E-state index is -0.0237. The summed E-state index contributed by atoms with van der Waals surface area (Å²) in [5.74, 6) is 1.15. The largest absolute Gasteiger partial charge is 0.353 e. The number of carbonyl (C=O) groups is 2. The van der Waals surface area contributed by atoms with Gasteiger partial charge in [-0.3, -0.25) is 9.59 Å². The van der Waals surface area contributed by atoms with E-state index in [-0.39, 0.29) is 17.9 Å². The molecule has 1 aliphatic heterocycles. The molecule has 1 aromatic heterocycles. The SMILES string of the molecule is CCCC(=O)N1CCn2cc(CC(=O)NC3CCCC3)nc2[C@@H]1C. The fourth-order valence-corrected chi connectivity index (χ4v) is 3.84. The van der Waals surface area contributed by atoms with Crippen molar-refractivity contribution in [3.8, 4) is 0 Å². The predicted octanol–water partition coefficient (Wildman–Crippen LogP) is 2.19. The third kappa shape index (κ3) is 3.62. The number of hydrogen-bond donors (Lipinski definition) is 1. The van der Waals surface area contributed by atoms with Crippen molar-refractivity contribution in [3.05, 3.63) is 17.7 Å². The average molecular weight is 332 g/mol. The molecule has 0 bridgehead atoms. The molecule has 1 fully saturated rings. The Balaban J connectivity index is 1.63. The topological polar surface area (TPSA) is 67.2 Å². The van der Waals surface area contributed by atoms with Crippen molar-refractivity contribution < 1.29 is 9.59 Å². The molecule has 24 heavy (non-hydrogen) atoms. The van der Waals surface area contributed by atoms with Gasteiger partial charge in [-0.05, 0) is 26.2 Å². The van der Waals surface area contributed by atoms with Gasteiger partial charge in [-0.1, -0.05) is 19.8 Å². The highest BCUT2D eigenvalue weighted by Gasteiger charge is 2.29. The lowest BCUT2D eigenvalue weighted by Crippen LogP contribution is -2.40. The zero-order valence-corrected chi connectivity index (χ0v) is 14.8. The van der Waals surface area contributed by atoms with E-state index in [9.17, 15) is 9.59 Å². The summed E-state index contributed by atoms with van der Waals surface area (Å²) in [6, 6.07) is 0.320. The monoisotopic (exact) mass is 332 g/mol. The molecule has 1 atom stereocenters. The number of imidazole rings is 1. The van der Waals surface area contributed by atoms with E-state index in [0.717, 1.165) is 43.9 Å². The standard InChI is InChI=1S/C18H28N4O2/c1-3-6-17(24)22-10-9-21-12-15(20-18(21)13(22)2)11-16(23)19-14-7-4-5-8-14/h12-14H,3-11H2,1-2H3,(H,19,23)/t13-/m0/s1. The van der Waals surface area contributed by atoms with Crippen LogP contribution in [0, 0.1) is 0 Å². The van der Waals surface area contributed by atoms with Crippen LogP contribution in [0.15, 0.2) is 6.20 Å². The summed E-state index contributed by atoms with van der Waals surface area (Å²) in [6.45, 7) is 5.52. The highest BCUT2D eigenvalue weighted by Crippen LogP contribution is 2.25. The maximum atomic E-state index is 12.2. The molecule has 1 N–H and O–H groups in total. The third-order valence-corrected chi connectivity index (χ3v) is 5.13. The van der Waals surface area contributed by atoms with Crippen molar-refractivity contribution in [2.45, 2.75) is 77.4 Å². The van der Waals surface area contributed by atoms with Crippen LogP contribution in [0.2, 0.25) is 0 Å². The van der Waals surface area contributed by atoms with Crippen molar-refractivity contribution in [3.63, 3.8) is 0 Å². The Labute approximate surface area is 143 Å². The van der Waals surface area contributed by atoms with Crippen LogP contribution in [0.1, 0.15) is 69.9 Å².